The van der Waals surface area contributed by atoms with Crippen molar-refractivity contribution < 1.29 is 23.8 Å². The van der Waals surface area contributed by atoms with Crippen molar-refractivity contribution in [2.75, 3.05) is 21.3 Å². The van der Waals surface area contributed by atoms with Crippen LogP contribution in [0.1, 0.15) is 34.0 Å². The molecule has 6 heteroatoms. The maximum atomic E-state index is 12.6. The molecule has 0 spiro atoms. The van der Waals surface area contributed by atoms with E-state index in [-0.39, 0.29) is 5.56 Å². The molecule has 3 aromatic carbocycles. The molecule has 0 bridgehead atoms. The summed E-state index contributed by atoms with van der Waals surface area (Å²) in [4.78, 5) is 17.8. The maximum Gasteiger partial charge on any atom is 0.366 e. The molecule has 0 atom stereocenters. The lowest BCUT2D eigenvalue weighted by Gasteiger charge is -2.13. The Hall–Kier alpha value is -3.80. The molecule has 0 amide bonds. The highest BCUT2D eigenvalue weighted by Crippen LogP contribution is 2.39. The molecular formula is C25H23NO5. The van der Waals surface area contributed by atoms with Crippen LogP contribution in [0.5, 0.6) is 17.2 Å². The first-order valence-corrected chi connectivity index (χ1v) is 9.83. The number of hydrogen-bond donors (Lipinski definition) is 0. The summed E-state index contributed by atoms with van der Waals surface area (Å²) < 4.78 is 15.8. The number of nitrogens with zero attached hydrogens (tertiary/aromatic N) is 1. The van der Waals surface area contributed by atoms with E-state index in [4.69, 9.17) is 19.0 Å². The molecule has 0 saturated carbocycles. The summed E-state index contributed by atoms with van der Waals surface area (Å²) in [6.45, 7) is 1.81. The molecule has 4 rings (SSSR count). The fraction of sp³-hybridized carbons (Fsp3) is 0.200. The molecule has 0 aliphatic heterocycles. The lowest BCUT2D eigenvalue weighted by atomic mass is 10.0. The van der Waals surface area contributed by atoms with Gasteiger partial charge in [0.05, 0.1) is 32.6 Å². The van der Waals surface area contributed by atoms with Gasteiger partial charge >= 0.3 is 5.97 Å². The van der Waals surface area contributed by atoms with Crippen LogP contribution in [-0.4, -0.2) is 33.0 Å². The number of benzene rings is 3. The second kappa shape index (κ2) is 8.52. The molecule has 0 heterocycles. The third-order valence-corrected chi connectivity index (χ3v) is 5.38. The van der Waals surface area contributed by atoms with E-state index in [9.17, 15) is 4.79 Å². The van der Waals surface area contributed by atoms with E-state index < -0.39 is 5.97 Å². The largest absolute Gasteiger partial charge is 0.493 e. The first-order valence-electron chi connectivity index (χ1n) is 9.83. The van der Waals surface area contributed by atoms with Crippen LogP contribution in [0.4, 0.5) is 0 Å². The molecule has 0 radical (unpaired) electrons. The van der Waals surface area contributed by atoms with Crippen molar-refractivity contribution in [1.29, 1.82) is 0 Å². The van der Waals surface area contributed by atoms with Gasteiger partial charge in [-0.2, -0.15) is 0 Å². The molecule has 0 unspecified atom stereocenters. The molecule has 1 aliphatic carbocycles. The molecular weight excluding hydrogens is 394 g/mol. The minimum atomic E-state index is -0.618. The van der Waals surface area contributed by atoms with Crippen LogP contribution >= 0.6 is 0 Å². The first kappa shape index (κ1) is 20.5. The van der Waals surface area contributed by atoms with Gasteiger partial charge < -0.3 is 19.0 Å². The van der Waals surface area contributed by atoms with Crippen molar-refractivity contribution in [1.82, 2.24) is 0 Å². The summed E-state index contributed by atoms with van der Waals surface area (Å²) in [5, 5.41) is 4.05. The second-order valence-corrected chi connectivity index (χ2v) is 7.18. The lowest BCUT2D eigenvalue weighted by Crippen LogP contribution is -2.06. The van der Waals surface area contributed by atoms with Gasteiger partial charge in [-0.05, 0) is 59.4 Å². The van der Waals surface area contributed by atoms with Crippen molar-refractivity contribution in [3.05, 3.63) is 76.9 Å². The zero-order valence-corrected chi connectivity index (χ0v) is 17.9. The van der Waals surface area contributed by atoms with Gasteiger partial charge in [0.15, 0.2) is 11.5 Å². The van der Waals surface area contributed by atoms with Gasteiger partial charge in [0.2, 0.25) is 5.75 Å². The fourth-order valence-electron chi connectivity index (χ4n) is 3.78. The van der Waals surface area contributed by atoms with Gasteiger partial charge in [0, 0.05) is 0 Å². The van der Waals surface area contributed by atoms with Crippen LogP contribution < -0.4 is 14.2 Å². The van der Waals surface area contributed by atoms with Gasteiger partial charge in [-0.1, -0.05) is 41.6 Å². The number of fused-ring (bicyclic) bond motifs is 3. The van der Waals surface area contributed by atoms with E-state index in [1.165, 1.54) is 55.7 Å². The van der Waals surface area contributed by atoms with Crippen molar-refractivity contribution in [2.24, 2.45) is 5.16 Å². The molecule has 3 aromatic rings. The van der Waals surface area contributed by atoms with Crippen LogP contribution in [-0.2, 0) is 11.3 Å². The lowest BCUT2D eigenvalue weighted by molar-refractivity contribution is 0.0515. The number of methoxy groups -OCH3 is 3. The van der Waals surface area contributed by atoms with Crippen molar-refractivity contribution in [3.63, 3.8) is 0 Å². The number of hydrogen-bond acceptors (Lipinski definition) is 6. The molecule has 31 heavy (non-hydrogen) atoms. The van der Waals surface area contributed by atoms with Crippen LogP contribution in [0.15, 0.2) is 59.8 Å². The number of rotatable bonds is 6. The van der Waals surface area contributed by atoms with Gasteiger partial charge in [-0.25, -0.2) is 4.79 Å². The number of carbonyl (C=O) groups excluding carboxylic acids is 1. The zero-order valence-electron chi connectivity index (χ0n) is 17.9. The summed E-state index contributed by atoms with van der Waals surface area (Å²) in [5.41, 5.74) is 6.83. The molecule has 158 valence electrons. The molecule has 0 N–H and O–H groups in total. The number of oxime groups is 1. The average Bonchev–Trinajstić information content (AvgIpc) is 3.18. The Morgan fingerprint density at radius 3 is 2.16 bits per heavy atom. The topological polar surface area (TPSA) is 66.4 Å². The van der Waals surface area contributed by atoms with E-state index in [0.717, 1.165) is 12.0 Å². The Bertz CT molecular complexity index is 1160. The second-order valence-electron chi connectivity index (χ2n) is 7.18. The normalized spacial score (nSPS) is 12.1. The van der Waals surface area contributed by atoms with Crippen molar-refractivity contribution >= 4 is 11.7 Å². The molecule has 0 saturated heterocycles. The van der Waals surface area contributed by atoms with E-state index >= 15 is 0 Å². The van der Waals surface area contributed by atoms with Gasteiger partial charge in [0.1, 0.15) is 0 Å². The highest BCUT2D eigenvalue weighted by molar-refractivity contribution is 6.00. The Balaban J connectivity index is 1.54. The molecule has 6 nitrogen and oxygen atoms in total. The van der Waals surface area contributed by atoms with Gasteiger partial charge in [-0.15, -0.1) is 0 Å². The quantitative estimate of drug-likeness (QED) is 0.255. The molecule has 0 fully saturated rings. The van der Waals surface area contributed by atoms with E-state index in [1.54, 1.807) is 0 Å². The van der Waals surface area contributed by atoms with Gasteiger partial charge in [0.25, 0.3) is 0 Å². The molecule has 1 aliphatic rings. The molecule has 0 aromatic heterocycles. The Labute approximate surface area is 181 Å². The Kier molecular flexibility index (Phi) is 5.62. The summed E-state index contributed by atoms with van der Waals surface area (Å²) in [6.07, 6.45) is 0.887. The Morgan fingerprint density at radius 2 is 1.48 bits per heavy atom. The van der Waals surface area contributed by atoms with Crippen LogP contribution in [0.2, 0.25) is 0 Å². The van der Waals surface area contributed by atoms with E-state index in [0.29, 0.717) is 23.0 Å². The van der Waals surface area contributed by atoms with Crippen LogP contribution in [0.3, 0.4) is 0 Å². The minimum absolute atomic E-state index is 0.246. The third kappa shape index (κ3) is 3.84. The first-order chi connectivity index (χ1) is 15.0. The monoisotopic (exact) mass is 417 g/mol. The van der Waals surface area contributed by atoms with Gasteiger partial charge in [-0.3, -0.25) is 0 Å². The average molecular weight is 417 g/mol. The van der Waals surface area contributed by atoms with Crippen molar-refractivity contribution in [2.45, 2.75) is 13.3 Å². The Morgan fingerprint density at radius 1 is 0.806 bits per heavy atom. The summed E-state index contributed by atoms with van der Waals surface area (Å²) >= 11 is 0. The number of ether oxygens (including phenoxy) is 3. The highest BCUT2D eigenvalue weighted by atomic mass is 16.7. The summed E-state index contributed by atoms with van der Waals surface area (Å²) in [5.74, 6) is 0.521. The van der Waals surface area contributed by atoms with Crippen LogP contribution in [0.25, 0.3) is 11.1 Å². The summed E-state index contributed by atoms with van der Waals surface area (Å²) in [7, 11) is 4.48. The maximum absolute atomic E-state index is 12.6. The van der Waals surface area contributed by atoms with Crippen molar-refractivity contribution in [3.8, 4) is 28.4 Å². The van der Waals surface area contributed by atoms with E-state index in [2.05, 4.69) is 41.6 Å². The summed E-state index contributed by atoms with van der Waals surface area (Å²) in [6, 6.07) is 17.6. The smallest absolute Gasteiger partial charge is 0.366 e. The predicted molar refractivity (Wildman–Crippen MR) is 118 cm³/mol. The van der Waals surface area contributed by atoms with E-state index in [1.807, 2.05) is 13.0 Å². The minimum Gasteiger partial charge on any atom is -0.493 e. The third-order valence-electron chi connectivity index (χ3n) is 5.38. The standard InChI is InChI=1S/C25H23NO5/c1-15(16-9-10-21-18(11-16)12-17-7-5-6-8-20(17)21)26-31-25(27)19-13-22(28-2)24(30-4)23(14-19)29-3/h5-11,13-14H,12H2,1-4H3/b26-15-. The fourth-order valence-corrected chi connectivity index (χ4v) is 3.78. The SMILES string of the molecule is COc1cc(C(=O)O/N=C(/C)c2ccc3c(c2)Cc2ccccc2-3)cc(OC)c1OC. The zero-order chi connectivity index (χ0) is 22.0. The number of carbonyl (C=O) groups is 1. The highest BCUT2D eigenvalue weighted by Gasteiger charge is 2.20. The van der Waals surface area contributed by atoms with Crippen LogP contribution in [0, 0.1) is 0 Å². The predicted octanol–water partition coefficient (Wildman–Crippen LogP) is 4.86.